The van der Waals surface area contributed by atoms with Crippen LogP contribution in [0.15, 0.2) is 0 Å². The molecule has 1 atom stereocenters. The largest absolute Gasteiger partial charge is 0.328 e. The molecule has 0 aliphatic carbocycles. The van der Waals surface area contributed by atoms with Crippen LogP contribution in [-0.4, -0.2) is 47.5 Å². The zero-order valence-corrected chi connectivity index (χ0v) is 10.4. The van der Waals surface area contributed by atoms with E-state index >= 15 is 0 Å². The van der Waals surface area contributed by atoms with E-state index in [2.05, 4.69) is 13.8 Å². The van der Waals surface area contributed by atoms with Crippen molar-refractivity contribution >= 4 is 6.03 Å². The van der Waals surface area contributed by atoms with Crippen molar-refractivity contribution in [1.82, 2.24) is 9.80 Å². The molecule has 1 heterocycles. The van der Waals surface area contributed by atoms with E-state index in [4.69, 9.17) is 5.73 Å². The second kappa shape index (κ2) is 4.00. The van der Waals surface area contributed by atoms with Gasteiger partial charge in [0.2, 0.25) is 0 Å². The quantitative estimate of drug-likeness (QED) is 0.763. The molecular weight excluding hydrogens is 190 g/mol. The number of nitrogens with zero attached hydrogens (tertiary/aromatic N) is 2. The van der Waals surface area contributed by atoms with Gasteiger partial charge in [-0.2, -0.15) is 0 Å². The highest BCUT2D eigenvalue weighted by atomic mass is 16.2. The topological polar surface area (TPSA) is 49.6 Å². The van der Waals surface area contributed by atoms with Crippen LogP contribution in [0.25, 0.3) is 0 Å². The van der Waals surface area contributed by atoms with Gasteiger partial charge in [-0.3, -0.25) is 0 Å². The van der Waals surface area contributed by atoms with Crippen molar-refractivity contribution in [2.75, 3.05) is 20.1 Å². The molecule has 4 nitrogen and oxygen atoms in total. The number of rotatable bonds is 3. The van der Waals surface area contributed by atoms with Crippen LogP contribution in [0.3, 0.4) is 0 Å². The van der Waals surface area contributed by atoms with Crippen LogP contribution in [0.5, 0.6) is 0 Å². The summed E-state index contributed by atoms with van der Waals surface area (Å²) >= 11 is 0. The summed E-state index contributed by atoms with van der Waals surface area (Å²) in [6.45, 7) is 9.61. The lowest BCUT2D eigenvalue weighted by molar-refractivity contribution is 0.154. The van der Waals surface area contributed by atoms with Gasteiger partial charge in [-0.05, 0) is 19.8 Å². The van der Waals surface area contributed by atoms with Gasteiger partial charge in [-0.1, -0.05) is 13.8 Å². The van der Waals surface area contributed by atoms with Gasteiger partial charge in [0.15, 0.2) is 0 Å². The Labute approximate surface area is 92.4 Å². The number of carbonyl (C=O) groups excluding carboxylic acids is 1. The first-order valence-corrected chi connectivity index (χ1v) is 5.55. The Bertz CT molecular complexity index is 250. The molecule has 15 heavy (non-hydrogen) atoms. The number of hydrogen-bond acceptors (Lipinski definition) is 2. The summed E-state index contributed by atoms with van der Waals surface area (Å²) in [5.41, 5.74) is 5.46. The third kappa shape index (κ3) is 2.09. The van der Waals surface area contributed by atoms with Crippen molar-refractivity contribution in [2.24, 2.45) is 11.7 Å². The van der Waals surface area contributed by atoms with Crippen molar-refractivity contribution in [3.05, 3.63) is 0 Å². The number of carbonyl (C=O) groups is 1. The fourth-order valence-electron chi connectivity index (χ4n) is 1.99. The zero-order chi connectivity index (χ0) is 11.8. The smallest absolute Gasteiger partial charge is 0.320 e. The van der Waals surface area contributed by atoms with Gasteiger partial charge in [0.05, 0.1) is 11.6 Å². The average molecular weight is 213 g/mol. The molecule has 4 heteroatoms. The Morgan fingerprint density at radius 2 is 2.07 bits per heavy atom. The van der Waals surface area contributed by atoms with Crippen LogP contribution < -0.4 is 5.73 Å². The van der Waals surface area contributed by atoms with E-state index < -0.39 is 0 Å². The predicted octanol–water partition coefficient (Wildman–Crippen LogP) is 1.12. The Balaban J connectivity index is 2.84. The number of amides is 2. The van der Waals surface area contributed by atoms with Crippen LogP contribution >= 0.6 is 0 Å². The monoisotopic (exact) mass is 213 g/mol. The Morgan fingerprint density at radius 3 is 2.40 bits per heavy atom. The summed E-state index contributed by atoms with van der Waals surface area (Å²) in [6, 6.07) is 0.410. The van der Waals surface area contributed by atoms with Crippen LogP contribution in [0.1, 0.15) is 27.7 Å². The predicted molar refractivity (Wildman–Crippen MR) is 61.6 cm³/mol. The number of hydrogen-bond donors (Lipinski definition) is 1. The van der Waals surface area contributed by atoms with Gasteiger partial charge in [0.1, 0.15) is 0 Å². The highest BCUT2D eigenvalue weighted by Crippen LogP contribution is 2.26. The van der Waals surface area contributed by atoms with Crippen LogP contribution in [0.2, 0.25) is 0 Å². The normalized spacial score (nSPS) is 23.1. The average Bonchev–Trinajstić information content (AvgIpc) is 2.45. The molecule has 0 aromatic heterocycles. The minimum Gasteiger partial charge on any atom is -0.328 e. The van der Waals surface area contributed by atoms with Crippen molar-refractivity contribution < 1.29 is 4.79 Å². The molecule has 0 aromatic carbocycles. The van der Waals surface area contributed by atoms with Gasteiger partial charge in [-0.15, -0.1) is 0 Å². The van der Waals surface area contributed by atoms with E-state index in [0.29, 0.717) is 18.5 Å². The van der Waals surface area contributed by atoms with Gasteiger partial charge in [-0.25, -0.2) is 4.79 Å². The van der Waals surface area contributed by atoms with E-state index in [1.54, 1.807) is 0 Å². The summed E-state index contributed by atoms with van der Waals surface area (Å²) in [5.74, 6) is 0.484. The van der Waals surface area contributed by atoms with Crippen molar-refractivity contribution in [2.45, 2.75) is 39.3 Å². The summed E-state index contributed by atoms with van der Waals surface area (Å²) in [4.78, 5) is 15.7. The molecule has 0 bridgehead atoms. The molecule has 0 spiro atoms. The lowest BCUT2D eigenvalue weighted by atomic mass is 10.0. The summed E-state index contributed by atoms with van der Waals surface area (Å²) in [5, 5.41) is 0. The van der Waals surface area contributed by atoms with Crippen LogP contribution in [0.4, 0.5) is 4.79 Å². The maximum absolute atomic E-state index is 12.0. The minimum atomic E-state index is -0.241. The Hall–Kier alpha value is -0.770. The molecule has 0 radical (unpaired) electrons. The van der Waals surface area contributed by atoms with Crippen LogP contribution in [0, 0.1) is 5.92 Å². The SMILES string of the molecule is CC(C)C1CN(C(C)(C)CN)C(=O)N1C. The molecule has 2 amide bonds. The summed E-state index contributed by atoms with van der Waals surface area (Å²) in [7, 11) is 1.87. The third-order valence-electron chi connectivity index (χ3n) is 3.40. The molecule has 1 unspecified atom stereocenters. The first-order valence-electron chi connectivity index (χ1n) is 5.55. The Morgan fingerprint density at radius 1 is 1.53 bits per heavy atom. The molecular formula is C11H23N3O. The van der Waals surface area contributed by atoms with Crippen molar-refractivity contribution in [3.8, 4) is 0 Å². The standard InChI is InChI=1S/C11H23N3O/c1-8(2)9-6-14(10(15)13(9)5)11(3,4)7-12/h8-9H,6-7,12H2,1-5H3. The van der Waals surface area contributed by atoms with E-state index in [0.717, 1.165) is 6.54 Å². The van der Waals surface area contributed by atoms with Gasteiger partial charge in [0.25, 0.3) is 0 Å². The summed E-state index contributed by atoms with van der Waals surface area (Å²) < 4.78 is 0. The third-order valence-corrected chi connectivity index (χ3v) is 3.40. The minimum absolute atomic E-state index is 0.101. The first kappa shape index (κ1) is 12.3. The second-order valence-electron chi connectivity index (χ2n) is 5.33. The van der Waals surface area contributed by atoms with Gasteiger partial charge in [0, 0.05) is 20.1 Å². The summed E-state index contributed by atoms with van der Waals surface area (Å²) in [6.07, 6.45) is 0. The maximum Gasteiger partial charge on any atom is 0.320 e. The molecule has 0 aromatic rings. The maximum atomic E-state index is 12.0. The van der Waals surface area contributed by atoms with E-state index in [-0.39, 0.29) is 11.6 Å². The van der Waals surface area contributed by atoms with E-state index in [1.807, 2.05) is 30.7 Å². The van der Waals surface area contributed by atoms with E-state index in [9.17, 15) is 4.79 Å². The van der Waals surface area contributed by atoms with Crippen molar-refractivity contribution in [3.63, 3.8) is 0 Å². The lowest BCUT2D eigenvalue weighted by Crippen LogP contribution is -2.50. The number of nitrogens with two attached hydrogens (primary N) is 1. The zero-order valence-electron chi connectivity index (χ0n) is 10.4. The second-order valence-corrected chi connectivity index (χ2v) is 5.33. The highest BCUT2D eigenvalue weighted by molar-refractivity contribution is 5.77. The van der Waals surface area contributed by atoms with Crippen LogP contribution in [-0.2, 0) is 0 Å². The first-order chi connectivity index (χ1) is 6.81. The molecule has 88 valence electrons. The molecule has 1 aliphatic rings. The van der Waals surface area contributed by atoms with Gasteiger partial charge < -0.3 is 15.5 Å². The number of urea groups is 1. The van der Waals surface area contributed by atoms with E-state index in [1.165, 1.54) is 0 Å². The lowest BCUT2D eigenvalue weighted by Gasteiger charge is -2.33. The fraction of sp³-hybridized carbons (Fsp3) is 0.909. The molecule has 1 saturated heterocycles. The molecule has 1 fully saturated rings. The molecule has 0 saturated carbocycles. The molecule has 1 aliphatic heterocycles. The molecule has 1 rings (SSSR count). The van der Waals surface area contributed by atoms with Gasteiger partial charge >= 0.3 is 6.03 Å². The van der Waals surface area contributed by atoms with Crippen molar-refractivity contribution in [1.29, 1.82) is 0 Å². The Kier molecular flexibility index (Phi) is 3.28. The fourth-order valence-corrected chi connectivity index (χ4v) is 1.99. The highest BCUT2D eigenvalue weighted by Gasteiger charge is 2.42. The molecule has 2 N–H and O–H groups in total. The number of likely N-dealkylation sites (N-methyl/N-ethyl adjacent to an activating group) is 1.